The van der Waals surface area contributed by atoms with E-state index >= 15 is 0 Å². The summed E-state index contributed by atoms with van der Waals surface area (Å²) in [5.74, 6) is 0.00624. The summed E-state index contributed by atoms with van der Waals surface area (Å²) in [6.45, 7) is 4.30. The summed E-state index contributed by atoms with van der Waals surface area (Å²) < 4.78 is 13.4. The van der Waals surface area contributed by atoms with Crippen molar-refractivity contribution >= 4 is 35.6 Å². The van der Waals surface area contributed by atoms with Crippen LogP contribution in [0.3, 0.4) is 0 Å². The number of benzene rings is 2. The highest BCUT2D eigenvalue weighted by molar-refractivity contribution is 14.0. The lowest BCUT2D eigenvalue weighted by Gasteiger charge is -2.08. The molecule has 0 saturated heterocycles. The summed E-state index contributed by atoms with van der Waals surface area (Å²) >= 11 is 0. The zero-order valence-electron chi connectivity index (χ0n) is 12.1. The molecule has 0 spiro atoms. The quantitative estimate of drug-likeness (QED) is 0.466. The van der Waals surface area contributed by atoms with E-state index in [0.29, 0.717) is 5.56 Å². The molecule has 3 nitrogen and oxygen atoms in total. The lowest BCUT2D eigenvalue weighted by Crippen LogP contribution is -2.22. The molecule has 2 rings (SSSR count). The zero-order chi connectivity index (χ0) is 14.5. The summed E-state index contributed by atoms with van der Waals surface area (Å²) in [7, 11) is 0. The van der Waals surface area contributed by atoms with Gasteiger partial charge in [-0.25, -0.2) is 9.38 Å². The van der Waals surface area contributed by atoms with Crippen molar-refractivity contribution < 1.29 is 4.39 Å². The summed E-state index contributed by atoms with van der Waals surface area (Å²) in [5.41, 5.74) is 9.61. The van der Waals surface area contributed by atoms with Gasteiger partial charge in [-0.15, -0.1) is 24.0 Å². The minimum atomic E-state index is -0.268. The Labute approximate surface area is 141 Å². The van der Waals surface area contributed by atoms with Gasteiger partial charge in [0.05, 0.1) is 6.54 Å². The van der Waals surface area contributed by atoms with Crippen LogP contribution in [0.5, 0.6) is 0 Å². The van der Waals surface area contributed by atoms with Crippen molar-refractivity contribution in [2.45, 2.75) is 20.4 Å². The van der Waals surface area contributed by atoms with E-state index in [1.807, 2.05) is 25.1 Å². The predicted octanol–water partition coefficient (Wildman–Crippen LogP) is 3.99. The van der Waals surface area contributed by atoms with Gasteiger partial charge < -0.3 is 11.1 Å². The number of hydrogen-bond acceptors (Lipinski definition) is 1. The first-order valence-electron chi connectivity index (χ1n) is 6.44. The Kier molecular flexibility index (Phi) is 6.61. The van der Waals surface area contributed by atoms with E-state index in [-0.39, 0.29) is 42.3 Å². The molecule has 112 valence electrons. The Balaban J connectivity index is 0.00000220. The molecule has 2 aromatic carbocycles. The van der Waals surface area contributed by atoms with Crippen LogP contribution < -0.4 is 11.1 Å². The molecule has 0 fully saturated rings. The predicted molar refractivity (Wildman–Crippen MR) is 96.7 cm³/mol. The molecule has 0 aliphatic heterocycles. The lowest BCUT2D eigenvalue weighted by molar-refractivity contribution is 0.611. The number of nitrogens with zero attached hydrogens (tertiary/aromatic N) is 1. The van der Waals surface area contributed by atoms with Crippen molar-refractivity contribution in [3.8, 4) is 0 Å². The normalized spacial score (nSPS) is 10.9. The Morgan fingerprint density at radius 1 is 1.14 bits per heavy atom. The molecule has 5 heteroatoms. The highest BCUT2D eigenvalue weighted by atomic mass is 127. The van der Waals surface area contributed by atoms with Crippen LogP contribution in [0.15, 0.2) is 47.5 Å². The SMILES string of the molecule is Cc1ccc(NC(N)=NCc2ccccc2F)cc1C.I. The highest BCUT2D eigenvalue weighted by Gasteiger charge is 2.01. The van der Waals surface area contributed by atoms with Gasteiger partial charge >= 0.3 is 0 Å². The number of anilines is 1. The molecular weight excluding hydrogens is 380 g/mol. The van der Waals surface area contributed by atoms with E-state index in [2.05, 4.69) is 17.2 Å². The van der Waals surface area contributed by atoms with Crippen LogP contribution in [0.25, 0.3) is 0 Å². The first kappa shape index (κ1) is 17.4. The Hall–Kier alpha value is -1.63. The third-order valence-corrected chi connectivity index (χ3v) is 3.16. The summed E-state index contributed by atoms with van der Waals surface area (Å²) in [6.07, 6.45) is 0. The van der Waals surface area contributed by atoms with Crippen LogP contribution in [0.4, 0.5) is 10.1 Å². The van der Waals surface area contributed by atoms with Crippen LogP contribution in [-0.4, -0.2) is 5.96 Å². The van der Waals surface area contributed by atoms with Crippen molar-refractivity contribution in [2.75, 3.05) is 5.32 Å². The average Bonchev–Trinajstić information content (AvgIpc) is 2.42. The molecule has 2 aromatic rings. The summed E-state index contributed by atoms with van der Waals surface area (Å²) in [5, 5.41) is 3.00. The van der Waals surface area contributed by atoms with E-state index in [4.69, 9.17) is 5.73 Å². The maximum Gasteiger partial charge on any atom is 0.193 e. The van der Waals surface area contributed by atoms with Gasteiger partial charge in [0.1, 0.15) is 5.82 Å². The van der Waals surface area contributed by atoms with E-state index in [9.17, 15) is 4.39 Å². The van der Waals surface area contributed by atoms with Crippen molar-refractivity contribution in [2.24, 2.45) is 10.7 Å². The van der Waals surface area contributed by atoms with Crippen LogP contribution in [0.1, 0.15) is 16.7 Å². The van der Waals surface area contributed by atoms with Crippen LogP contribution in [0, 0.1) is 19.7 Å². The smallest absolute Gasteiger partial charge is 0.193 e. The lowest BCUT2D eigenvalue weighted by atomic mass is 10.1. The molecule has 0 bridgehead atoms. The van der Waals surface area contributed by atoms with E-state index in [1.54, 1.807) is 18.2 Å². The van der Waals surface area contributed by atoms with Gasteiger partial charge in [0.25, 0.3) is 0 Å². The number of rotatable bonds is 3. The molecule has 0 radical (unpaired) electrons. The second-order valence-electron chi connectivity index (χ2n) is 4.72. The fraction of sp³-hybridized carbons (Fsp3) is 0.188. The van der Waals surface area contributed by atoms with E-state index in [0.717, 1.165) is 5.69 Å². The minimum Gasteiger partial charge on any atom is -0.370 e. The molecule has 0 amide bonds. The van der Waals surface area contributed by atoms with Crippen LogP contribution in [-0.2, 0) is 6.54 Å². The van der Waals surface area contributed by atoms with Gasteiger partial charge in [-0.05, 0) is 43.2 Å². The zero-order valence-corrected chi connectivity index (χ0v) is 14.4. The first-order chi connectivity index (χ1) is 9.56. The van der Waals surface area contributed by atoms with Gasteiger partial charge in [-0.1, -0.05) is 24.3 Å². The monoisotopic (exact) mass is 399 g/mol. The van der Waals surface area contributed by atoms with Crippen molar-refractivity contribution in [3.63, 3.8) is 0 Å². The average molecular weight is 399 g/mol. The van der Waals surface area contributed by atoms with Crippen LogP contribution in [0.2, 0.25) is 0 Å². The molecule has 21 heavy (non-hydrogen) atoms. The molecule has 0 aliphatic carbocycles. The second kappa shape index (κ2) is 7.97. The topological polar surface area (TPSA) is 50.4 Å². The summed E-state index contributed by atoms with van der Waals surface area (Å²) in [4.78, 5) is 4.15. The first-order valence-corrected chi connectivity index (χ1v) is 6.44. The van der Waals surface area contributed by atoms with Crippen LogP contribution >= 0.6 is 24.0 Å². The van der Waals surface area contributed by atoms with Crippen molar-refractivity contribution in [1.29, 1.82) is 0 Å². The summed E-state index contributed by atoms with van der Waals surface area (Å²) in [6, 6.07) is 12.5. The molecule has 0 aromatic heterocycles. The number of aryl methyl sites for hydroxylation is 2. The van der Waals surface area contributed by atoms with Gasteiger partial charge in [0.2, 0.25) is 0 Å². The fourth-order valence-corrected chi connectivity index (χ4v) is 1.80. The molecular formula is C16H19FIN3. The number of nitrogens with two attached hydrogens (primary N) is 1. The van der Waals surface area contributed by atoms with E-state index in [1.165, 1.54) is 17.2 Å². The number of hydrogen-bond donors (Lipinski definition) is 2. The van der Waals surface area contributed by atoms with Gasteiger partial charge in [0, 0.05) is 11.3 Å². The Morgan fingerprint density at radius 3 is 2.52 bits per heavy atom. The van der Waals surface area contributed by atoms with Gasteiger partial charge in [0.15, 0.2) is 5.96 Å². The van der Waals surface area contributed by atoms with E-state index < -0.39 is 0 Å². The number of guanidine groups is 1. The maximum atomic E-state index is 13.4. The molecule has 0 saturated carbocycles. The third kappa shape index (κ3) is 5.00. The number of nitrogens with one attached hydrogen (secondary N) is 1. The van der Waals surface area contributed by atoms with Gasteiger partial charge in [-0.3, -0.25) is 0 Å². The minimum absolute atomic E-state index is 0. The molecule has 0 aliphatic rings. The Bertz CT molecular complexity index is 641. The van der Waals surface area contributed by atoms with Crippen molar-refractivity contribution in [1.82, 2.24) is 0 Å². The standard InChI is InChI=1S/C16H18FN3.HI/c1-11-7-8-14(9-12(11)2)20-16(18)19-10-13-5-3-4-6-15(13)17;/h3-9H,10H2,1-2H3,(H3,18,19,20);1H. The largest absolute Gasteiger partial charge is 0.370 e. The molecule has 0 heterocycles. The highest BCUT2D eigenvalue weighted by Crippen LogP contribution is 2.14. The molecule has 0 atom stereocenters. The maximum absolute atomic E-state index is 13.4. The number of halogens is 2. The van der Waals surface area contributed by atoms with Gasteiger partial charge in [-0.2, -0.15) is 0 Å². The molecule has 3 N–H and O–H groups in total. The third-order valence-electron chi connectivity index (χ3n) is 3.16. The second-order valence-corrected chi connectivity index (χ2v) is 4.72. The molecule has 0 unspecified atom stereocenters. The Morgan fingerprint density at radius 2 is 1.86 bits per heavy atom. The van der Waals surface area contributed by atoms with Crippen molar-refractivity contribution in [3.05, 3.63) is 65.0 Å². The number of aliphatic imine (C=N–C) groups is 1. The fourth-order valence-electron chi connectivity index (χ4n) is 1.80.